The second-order valence-electron chi connectivity index (χ2n) is 6.48. The molecule has 0 radical (unpaired) electrons. The van der Waals surface area contributed by atoms with E-state index in [2.05, 4.69) is 31.3 Å². The van der Waals surface area contributed by atoms with E-state index in [4.69, 9.17) is 9.72 Å². The van der Waals surface area contributed by atoms with Gasteiger partial charge in [0.15, 0.2) is 11.4 Å². The van der Waals surface area contributed by atoms with Crippen LogP contribution in [0.4, 0.5) is 10.6 Å². The number of carbonyl (C=O) groups excluding carboxylic acids is 1. The zero-order valence-corrected chi connectivity index (χ0v) is 16.0. The van der Waals surface area contributed by atoms with Crippen molar-refractivity contribution in [2.24, 2.45) is 5.92 Å². The topological polar surface area (TPSA) is 102 Å². The molecule has 2 N–H and O–H groups in total. The van der Waals surface area contributed by atoms with Gasteiger partial charge in [-0.3, -0.25) is 10.3 Å². The molecule has 140 valence electrons. The first-order valence-corrected chi connectivity index (χ1v) is 9.49. The number of halogens is 1. The van der Waals surface area contributed by atoms with Crippen molar-refractivity contribution in [3.05, 3.63) is 47.0 Å². The predicted octanol–water partition coefficient (Wildman–Crippen LogP) is 3.37. The van der Waals surface area contributed by atoms with Crippen LogP contribution in [0.2, 0.25) is 0 Å². The summed E-state index contributed by atoms with van der Waals surface area (Å²) in [5.41, 5.74) is 1.43. The highest BCUT2D eigenvalue weighted by Gasteiger charge is 2.30. The van der Waals surface area contributed by atoms with Crippen molar-refractivity contribution >= 4 is 33.5 Å². The van der Waals surface area contributed by atoms with E-state index < -0.39 is 6.09 Å². The van der Waals surface area contributed by atoms with Crippen LogP contribution in [0.1, 0.15) is 30.9 Å². The zero-order chi connectivity index (χ0) is 18.8. The largest absolute Gasteiger partial charge is 0.418 e. The van der Waals surface area contributed by atoms with E-state index in [-0.39, 0.29) is 18.4 Å². The van der Waals surface area contributed by atoms with Gasteiger partial charge in [0.25, 0.3) is 0 Å². The van der Waals surface area contributed by atoms with Gasteiger partial charge in [0.05, 0.1) is 22.6 Å². The van der Waals surface area contributed by atoms with Gasteiger partial charge in [0.1, 0.15) is 5.82 Å². The van der Waals surface area contributed by atoms with Crippen molar-refractivity contribution in [3.63, 3.8) is 0 Å². The number of carbonyl (C=O) groups is 1. The van der Waals surface area contributed by atoms with E-state index in [1.165, 1.54) is 6.20 Å². The maximum absolute atomic E-state index is 12.3. The summed E-state index contributed by atoms with van der Waals surface area (Å²) >= 11 is 3.45. The molecular formula is C18H18BrN5O3. The SMILES string of the molecule is O=C(Nc1cc(C2CCC[C@H]2CO)nc2c(Br)cnn12)Oc1cccnc1. The third kappa shape index (κ3) is 3.65. The van der Waals surface area contributed by atoms with Gasteiger partial charge < -0.3 is 9.84 Å². The Morgan fingerprint density at radius 3 is 3.07 bits per heavy atom. The Bertz CT molecular complexity index is 962. The lowest BCUT2D eigenvalue weighted by Crippen LogP contribution is -2.20. The van der Waals surface area contributed by atoms with Gasteiger partial charge in [-0.15, -0.1) is 0 Å². The number of pyridine rings is 1. The molecule has 1 aliphatic rings. The molecule has 4 rings (SSSR count). The molecule has 3 heterocycles. The van der Waals surface area contributed by atoms with Crippen LogP contribution in [0.5, 0.6) is 5.75 Å². The fourth-order valence-electron chi connectivity index (χ4n) is 3.52. The van der Waals surface area contributed by atoms with Crippen LogP contribution in [0, 0.1) is 5.92 Å². The number of ether oxygens (including phenoxy) is 1. The quantitative estimate of drug-likeness (QED) is 0.656. The Labute approximate surface area is 163 Å². The first-order chi connectivity index (χ1) is 13.2. The van der Waals surface area contributed by atoms with Gasteiger partial charge in [-0.1, -0.05) is 6.42 Å². The molecule has 2 atom stereocenters. The molecule has 1 amide bonds. The molecule has 1 unspecified atom stereocenters. The second-order valence-corrected chi connectivity index (χ2v) is 7.33. The first kappa shape index (κ1) is 17.9. The summed E-state index contributed by atoms with van der Waals surface area (Å²) in [6.45, 7) is 0.129. The zero-order valence-electron chi connectivity index (χ0n) is 14.4. The number of amides is 1. The molecule has 3 aromatic heterocycles. The number of hydrogen-bond donors (Lipinski definition) is 2. The van der Waals surface area contributed by atoms with E-state index in [9.17, 15) is 9.90 Å². The molecule has 8 nitrogen and oxygen atoms in total. The Kier molecular flexibility index (Phi) is 5.04. The van der Waals surface area contributed by atoms with E-state index >= 15 is 0 Å². The number of hydrogen-bond acceptors (Lipinski definition) is 6. The number of aromatic nitrogens is 4. The lowest BCUT2D eigenvalue weighted by Gasteiger charge is -2.18. The Hall–Kier alpha value is -2.52. The van der Waals surface area contributed by atoms with Crippen molar-refractivity contribution in [2.45, 2.75) is 25.2 Å². The number of anilines is 1. The minimum Gasteiger partial charge on any atom is -0.408 e. The monoisotopic (exact) mass is 431 g/mol. The second kappa shape index (κ2) is 7.61. The maximum Gasteiger partial charge on any atom is 0.418 e. The number of aliphatic hydroxyl groups excluding tert-OH is 1. The number of nitrogens with one attached hydrogen (secondary N) is 1. The molecule has 1 saturated carbocycles. The lowest BCUT2D eigenvalue weighted by atomic mass is 9.93. The van der Waals surface area contributed by atoms with Crippen LogP contribution in [0.15, 0.2) is 41.3 Å². The Balaban J connectivity index is 1.65. The molecule has 27 heavy (non-hydrogen) atoms. The molecule has 1 aliphatic carbocycles. The highest BCUT2D eigenvalue weighted by atomic mass is 79.9. The van der Waals surface area contributed by atoms with Crippen molar-refractivity contribution in [2.75, 3.05) is 11.9 Å². The third-order valence-corrected chi connectivity index (χ3v) is 5.36. The number of fused-ring (bicyclic) bond motifs is 1. The standard InChI is InChI=1S/C18H18BrN5O3/c19-14-9-21-24-16(23-18(26)27-12-4-2-6-20-8-12)7-15(22-17(14)24)13-5-1-3-11(13)10-25/h2,4,6-9,11,13,25H,1,3,5,10H2,(H,23,26)/t11-,13?/m0/s1. The van der Waals surface area contributed by atoms with E-state index in [1.54, 1.807) is 35.1 Å². The van der Waals surface area contributed by atoms with Crippen molar-refractivity contribution < 1.29 is 14.6 Å². The average molecular weight is 432 g/mol. The summed E-state index contributed by atoms with van der Waals surface area (Å²) in [5.74, 6) is 1.13. The van der Waals surface area contributed by atoms with Gasteiger partial charge >= 0.3 is 6.09 Å². The maximum atomic E-state index is 12.3. The van der Waals surface area contributed by atoms with Gasteiger partial charge in [0.2, 0.25) is 0 Å². The third-order valence-electron chi connectivity index (χ3n) is 4.80. The summed E-state index contributed by atoms with van der Waals surface area (Å²) < 4.78 is 7.53. The molecule has 1 fully saturated rings. The van der Waals surface area contributed by atoms with Gasteiger partial charge in [-0.05, 0) is 46.8 Å². The number of aliphatic hydroxyl groups is 1. The summed E-state index contributed by atoms with van der Waals surface area (Å²) in [4.78, 5) is 20.9. The van der Waals surface area contributed by atoms with Crippen LogP contribution in [0.25, 0.3) is 5.65 Å². The molecule has 0 aliphatic heterocycles. The normalized spacial score (nSPS) is 19.3. The minimum atomic E-state index is -0.641. The van der Waals surface area contributed by atoms with Crippen molar-refractivity contribution in [1.29, 1.82) is 0 Å². The van der Waals surface area contributed by atoms with Crippen LogP contribution >= 0.6 is 15.9 Å². The molecule has 3 aromatic rings. The summed E-state index contributed by atoms with van der Waals surface area (Å²) in [7, 11) is 0. The van der Waals surface area contributed by atoms with Crippen molar-refractivity contribution in [3.8, 4) is 5.75 Å². The van der Waals surface area contributed by atoms with E-state index in [1.807, 2.05) is 0 Å². The Morgan fingerprint density at radius 2 is 2.30 bits per heavy atom. The highest BCUT2D eigenvalue weighted by Crippen LogP contribution is 2.39. The average Bonchev–Trinajstić information content (AvgIpc) is 3.29. The fraction of sp³-hybridized carbons (Fsp3) is 0.333. The molecule has 0 aromatic carbocycles. The molecular weight excluding hydrogens is 414 g/mol. The highest BCUT2D eigenvalue weighted by molar-refractivity contribution is 9.10. The molecule has 9 heteroatoms. The fourth-order valence-corrected chi connectivity index (χ4v) is 3.87. The van der Waals surface area contributed by atoms with Gasteiger partial charge in [0, 0.05) is 24.8 Å². The predicted molar refractivity (Wildman–Crippen MR) is 102 cm³/mol. The molecule has 0 spiro atoms. The molecule has 0 bridgehead atoms. The first-order valence-electron chi connectivity index (χ1n) is 8.69. The molecule has 0 saturated heterocycles. The van der Waals surface area contributed by atoms with Crippen LogP contribution in [-0.4, -0.2) is 37.4 Å². The lowest BCUT2D eigenvalue weighted by molar-refractivity contribution is 0.214. The van der Waals surface area contributed by atoms with E-state index in [0.29, 0.717) is 17.2 Å². The number of rotatable bonds is 4. The van der Waals surface area contributed by atoms with Crippen LogP contribution < -0.4 is 10.1 Å². The van der Waals surface area contributed by atoms with Gasteiger partial charge in [-0.25, -0.2) is 9.78 Å². The smallest absolute Gasteiger partial charge is 0.408 e. The summed E-state index contributed by atoms with van der Waals surface area (Å²) in [5, 5.41) is 16.6. The summed E-state index contributed by atoms with van der Waals surface area (Å²) in [6.07, 6.45) is 7.03. The van der Waals surface area contributed by atoms with E-state index in [0.717, 1.165) is 29.4 Å². The van der Waals surface area contributed by atoms with Gasteiger partial charge in [-0.2, -0.15) is 9.61 Å². The summed E-state index contributed by atoms with van der Waals surface area (Å²) in [6, 6.07) is 5.13. The Morgan fingerprint density at radius 1 is 1.41 bits per heavy atom. The minimum absolute atomic E-state index is 0.129. The van der Waals surface area contributed by atoms with Crippen molar-refractivity contribution in [1.82, 2.24) is 19.6 Å². The number of nitrogens with zero attached hydrogens (tertiary/aromatic N) is 4. The van der Waals surface area contributed by atoms with Crippen LogP contribution in [0.3, 0.4) is 0 Å². The van der Waals surface area contributed by atoms with Crippen LogP contribution in [-0.2, 0) is 0 Å².